The molecule has 5 nitrogen and oxygen atoms in total. The summed E-state index contributed by atoms with van der Waals surface area (Å²) >= 11 is 0. The number of nitrogens with one attached hydrogen (secondary N) is 1. The van der Waals surface area contributed by atoms with Gasteiger partial charge in [0.25, 0.3) is 5.91 Å². The fourth-order valence-electron chi connectivity index (χ4n) is 1.75. The number of hydrogen-bond acceptors (Lipinski definition) is 3. The largest absolute Gasteiger partial charge is 0.340 e. The molecule has 102 valence electrons. The number of aryl methyl sites for hydroxylation is 2. The van der Waals surface area contributed by atoms with Crippen LogP contribution in [0.5, 0.6) is 0 Å². The lowest BCUT2D eigenvalue weighted by molar-refractivity contribution is 0.102. The Labute approximate surface area is 117 Å². The molecule has 0 saturated heterocycles. The van der Waals surface area contributed by atoms with Crippen LogP contribution < -0.4 is 11.1 Å². The Bertz CT molecular complexity index is 691. The summed E-state index contributed by atoms with van der Waals surface area (Å²) in [6, 6.07) is 5.56. The van der Waals surface area contributed by atoms with E-state index in [1.54, 1.807) is 17.1 Å². The van der Waals surface area contributed by atoms with E-state index in [1.807, 2.05) is 32.2 Å². The predicted octanol–water partition coefficient (Wildman–Crippen LogP) is 1.29. The third-order valence-corrected chi connectivity index (χ3v) is 2.75. The van der Waals surface area contributed by atoms with Crippen LogP contribution in [-0.4, -0.2) is 22.0 Å². The number of carbonyl (C=O) groups is 1. The minimum Gasteiger partial charge on any atom is -0.340 e. The molecular weight excluding hydrogens is 252 g/mol. The van der Waals surface area contributed by atoms with Gasteiger partial charge in [-0.15, -0.1) is 0 Å². The summed E-state index contributed by atoms with van der Waals surface area (Å²) in [5, 5.41) is 2.81. The molecule has 1 amide bonds. The number of benzene rings is 1. The lowest BCUT2D eigenvalue weighted by Crippen LogP contribution is -2.12. The highest BCUT2D eigenvalue weighted by Crippen LogP contribution is 2.15. The molecule has 0 spiro atoms. The average Bonchev–Trinajstić information content (AvgIpc) is 2.85. The molecule has 0 unspecified atom stereocenters. The Kier molecular flexibility index (Phi) is 4.18. The van der Waals surface area contributed by atoms with Crippen LogP contribution in [0.2, 0.25) is 0 Å². The van der Waals surface area contributed by atoms with Crippen molar-refractivity contribution in [3.05, 3.63) is 47.5 Å². The number of anilines is 1. The van der Waals surface area contributed by atoms with Gasteiger partial charge >= 0.3 is 0 Å². The molecule has 2 rings (SSSR count). The Morgan fingerprint density at radius 3 is 2.90 bits per heavy atom. The summed E-state index contributed by atoms with van der Waals surface area (Å²) in [6.45, 7) is 2.27. The van der Waals surface area contributed by atoms with E-state index < -0.39 is 0 Å². The van der Waals surface area contributed by atoms with Gasteiger partial charge in [0.05, 0.1) is 12.9 Å². The number of hydrogen-bond donors (Lipinski definition) is 2. The molecule has 1 heterocycles. The van der Waals surface area contributed by atoms with Crippen LogP contribution in [0.3, 0.4) is 0 Å². The molecule has 3 N–H and O–H groups in total. The third kappa shape index (κ3) is 3.25. The molecule has 2 aromatic rings. The smallest absolute Gasteiger partial charge is 0.275 e. The molecule has 0 aliphatic carbocycles. The summed E-state index contributed by atoms with van der Waals surface area (Å²) in [5.41, 5.74) is 8.35. The summed E-state index contributed by atoms with van der Waals surface area (Å²) < 4.78 is 1.73. The summed E-state index contributed by atoms with van der Waals surface area (Å²) in [6.07, 6.45) is 3.26. The zero-order chi connectivity index (χ0) is 14.5. The fourth-order valence-corrected chi connectivity index (χ4v) is 1.75. The summed E-state index contributed by atoms with van der Waals surface area (Å²) in [7, 11) is 1.82. The number of imidazole rings is 1. The van der Waals surface area contributed by atoms with Gasteiger partial charge in [-0.2, -0.15) is 0 Å². The monoisotopic (exact) mass is 268 g/mol. The SMILES string of the molecule is Cc1cc(NC(=O)c2cn(C)cn2)ccc1C#CCN. The van der Waals surface area contributed by atoms with Crippen molar-refractivity contribution in [2.45, 2.75) is 6.92 Å². The number of nitrogens with zero attached hydrogens (tertiary/aromatic N) is 2. The molecule has 0 bridgehead atoms. The van der Waals surface area contributed by atoms with E-state index in [0.29, 0.717) is 12.2 Å². The van der Waals surface area contributed by atoms with E-state index in [2.05, 4.69) is 22.1 Å². The van der Waals surface area contributed by atoms with Crippen molar-refractivity contribution in [1.82, 2.24) is 9.55 Å². The first-order valence-corrected chi connectivity index (χ1v) is 6.19. The van der Waals surface area contributed by atoms with Crippen molar-refractivity contribution >= 4 is 11.6 Å². The molecule has 0 radical (unpaired) electrons. The topological polar surface area (TPSA) is 72.9 Å². The van der Waals surface area contributed by atoms with Crippen molar-refractivity contribution < 1.29 is 4.79 Å². The standard InChI is InChI=1S/C15H16N4O/c1-11-8-13(6-5-12(11)4-3-7-16)18-15(20)14-9-19(2)10-17-14/h5-6,8-10H,7,16H2,1-2H3,(H,18,20). The van der Waals surface area contributed by atoms with E-state index in [0.717, 1.165) is 16.8 Å². The van der Waals surface area contributed by atoms with Gasteiger partial charge in [0.15, 0.2) is 0 Å². The van der Waals surface area contributed by atoms with Gasteiger partial charge < -0.3 is 15.6 Å². The number of carbonyl (C=O) groups excluding carboxylic acids is 1. The second-order valence-corrected chi connectivity index (χ2v) is 4.41. The van der Waals surface area contributed by atoms with Crippen LogP contribution in [0, 0.1) is 18.8 Å². The highest BCUT2D eigenvalue weighted by molar-refractivity contribution is 6.02. The number of aromatic nitrogens is 2. The fraction of sp³-hybridized carbons (Fsp3) is 0.200. The molecule has 5 heteroatoms. The summed E-state index contributed by atoms with van der Waals surface area (Å²) in [5.74, 6) is 5.57. The van der Waals surface area contributed by atoms with Crippen molar-refractivity contribution in [2.75, 3.05) is 11.9 Å². The van der Waals surface area contributed by atoms with Crippen LogP contribution >= 0.6 is 0 Å². The molecular formula is C15H16N4O. The minimum atomic E-state index is -0.231. The van der Waals surface area contributed by atoms with Crippen molar-refractivity contribution in [3.8, 4) is 11.8 Å². The maximum absolute atomic E-state index is 12.0. The zero-order valence-electron chi connectivity index (χ0n) is 11.5. The highest BCUT2D eigenvalue weighted by Gasteiger charge is 2.09. The van der Waals surface area contributed by atoms with Gasteiger partial charge in [-0.05, 0) is 30.7 Å². The lowest BCUT2D eigenvalue weighted by atomic mass is 10.1. The molecule has 0 saturated carbocycles. The van der Waals surface area contributed by atoms with Gasteiger partial charge in [-0.3, -0.25) is 4.79 Å². The van der Waals surface area contributed by atoms with Crippen LogP contribution in [-0.2, 0) is 7.05 Å². The van der Waals surface area contributed by atoms with Crippen LogP contribution in [0.25, 0.3) is 0 Å². The normalized spacial score (nSPS) is 9.75. The average molecular weight is 268 g/mol. The molecule has 20 heavy (non-hydrogen) atoms. The van der Waals surface area contributed by atoms with E-state index in [1.165, 1.54) is 0 Å². The maximum atomic E-state index is 12.0. The minimum absolute atomic E-state index is 0.231. The van der Waals surface area contributed by atoms with E-state index >= 15 is 0 Å². The van der Waals surface area contributed by atoms with Gasteiger partial charge in [-0.25, -0.2) is 4.98 Å². The van der Waals surface area contributed by atoms with Crippen LogP contribution in [0.1, 0.15) is 21.6 Å². The lowest BCUT2D eigenvalue weighted by Gasteiger charge is -2.05. The van der Waals surface area contributed by atoms with Crippen molar-refractivity contribution in [1.29, 1.82) is 0 Å². The van der Waals surface area contributed by atoms with E-state index in [-0.39, 0.29) is 5.91 Å². The first-order valence-electron chi connectivity index (χ1n) is 6.19. The quantitative estimate of drug-likeness (QED) is 0.806. The number of nitrogens with two attached hydrogens (primary N) is 1. The highest BCUT2D eigenvalue weighted by atomic mass is 16.1. The van der Waals surface area contributed by atoms with Gasteiger partial charge in [0, 0.05) is 24.5 Å². The maximum Gasteiger partial charge on any atom is 0.275 e. The predicted molar refractivity (Wildman–Crippen MR) is 78.3 cm³/mol. The summed E-state index contributed by atoms with van der Waals surface area (Å²) in [4.78, 5) is 16.0. The Hall–Kier alpha value is -2.58. The van der Waals surface area contributed by atoms with Crippen molar-refractivity contribution in [2.24, 2.45) is 12.8 Å². The Balaban J connectivity index is 2.14. The molecule has 0 fully saturated rings. The van der Waals surface area contributed by atoms with Crippen molar-refractivity contribution in [3.63, 3.8) is 0 Å². The van der Waals surface area contributed by atoms with E-state index in [9.17, 15) is 4.79 Å². The number of rotatable bonds is 2. The Morgan fingerprint density at radius 1 is 1.50 bits per heavy atom. The second-order valence-electron chi connectivity index (χ2n) is 4.41. The van der Waals surface area contributed by atoms with E-state index in [4.69, 9.17) is 5.73 Å². The zero-order valence-corrected chi connectivity index (χ0v) is 11.5. The first kappa shape index (κ1) is 13.8. The molecule has 0 aliphatic rings. The Morgan fingerprint density at radius 2 is 2.30 bits per heavy atom. The van der Waals surface area contributed by atoms with Gasteiger partial charge in [0.2, 0.25) is 0 Å². The van der Waals surface area contributed by atoms with Gasteiger partial charge in [0.1, 0.15) is 5.69 Å². The molecule has 1 aromatic heterocycles. The first-order chi connectivity index (χ1) is 9.60. The molecule has 1 aromatic carbocycles. The molecule has 0 atom stereocenters. The third-order valence-electron chi connectivity index (χ3n) is 2.75. The number of amides is 1. The molecule has 0 aliphatic heterocycles. The van der Waals surface area contributed by atoms with Gasteiger partial charge in [-0.1, -0.05) is 11.8 Å². The second kappa shape index (κ2) is 6.04. The van der Waals surface area contributed by atoms with Crippen LogP contribution in [0.15, 0.2) is 30.7 Å². The van der Waals surface area contributed by atoms with Crippen LogP contribution in [0.4, 0.5) is 5.69 Å².